The van der Waals surface area contributed by atoms with Gasteiger partial charge in [0.1, 0.15) is 6.54 Å². The molecule has 2 amide bonds. The van der Waals surface area contributed by atoms with Gasteiger partial charge in [-0.1, -0.05) is 30.3 Å². The number of aromatic nitrogens is 5. The van der Waals surface area contributed by atoms with Gasteiger partial charge in [0.25, 0.3) is 0 Å². The second kappa shape index (κ2) is 10.7. The minimum absolute atomic E-state index is 0.0705. The Labute approximate surface area is 198 Å². The van der Waals surface area contributed by atoms with E-state index in [1.807, 2.05) is 84.1 Å². The smallest absolute Gasteiger partial charge is 0.242 e. The number of carbonyl (C=O) groups is 2. The topological polar surface area (TPSA) is 97.9 Å². The number of likely N-dealkylation sites (N-methyl/N-ethyl adjacent to an activating group) is 1. The summed E-state index contributed by atoms with van der Waals surface area (Å²) in [5.41, 5.74) is 2.61. The number of aryl methyl sites for hydroxylation is 1. The molecule has 9 nitrogen and oxygen atoms in total. The Hall–Kier alpha value is -4.01. The predicted molar refractivity (Wildman–Crippen MR) is 131 cm³/mol. The van der Waals surface area contributed by atoms with E-state index in [-0.39, 0.29) is 11.8 Å². The van der Waals surface area contributed by atoms with E-state index in [1.165, 1.54) is 4.80 Å². The fourth-order valence-corrected chi connectivity index (χ4v) is 3.88. The van der Waals surface area contributed by atoms with Crippen molar-refractivity contribution in [2.45, 2.75) is 39.8 Å². The molecule has 2 heterocycles. The van der Waals surface area contributed by atoms with Crippen LogP contribution in [0.5, 0.6) is 0 Å². The summed E-state index contributed by atoms with van der Waals surface area (Å²) in [6, 6.07) is 17.4. The highest BCUT2D eigenvalue weighted by Gasteiger charge is 2.12. The Morgan fingerprint density at radius 3 is 2.59 bits per heavy atom. The molecule has 4 aromatic rings. The number of benzene rings is 2. The van der Waals surface area contributed by atoms with E-state index in [9.17, 15) is 9.59 Å². The van der Waals surface area contributed by atoms with Gasteiger partial charge in [-0.25, -0.2) is 0 Å². The molecule has 0 aliphatic rings. The maximum Gasteiger partial charge on any atom is 0.242 e. The van der Waals surface area contributed by atoms with E-state index in [0.717, 1.165) is 22.2 Å². The van der Waals surface area contributed by atoms with Crippen LogP contribution in [-0.4, -0.2) is 54.6 Å². The fraction of sp³-hybridized carbons (Fsp3) is 0.320. The summed E-state index contributed by atoms with van der Waals surface area (Å²) >= 11 is 0. The number of nitrogens with zero attached hydrogens (tertiary/aromatic N) is 6. The maximum atomic E-state index is 12.4. The predicted octanol–water partition coefficient (Wildman–Crippen LogP) is 3.58. The van der Waals surface area contributed by atoms with Gasteiger partial charge < -0.3 is 14.8 Å². The first kappa shape index (κ1) is 23.2. The van der Waals surface area contributed by atoms with Crippen LogP contribution in [0.4, 0.5) is 5.69 Å². The van der Waals surface area contributed by atoms with Crippen molar-refractivity contribution in [3.8, 4) is 11.4 Å². The van der Waals surface area contributed by atoms with Crippen LogP contribution in [0.2, 0.25) is 0 Å². The minimum Gasteiger partial charge on any atom is -0.342 e. The average Bonchev–Trinajstić information content (AvgIpc) is 3.48. The summed E-state index contributed by atoms with van der Waals surface area (Å²) in [5.74, 6) is 0.598. The first-order valence-corrected chi connectivity index (χ1v) is 11.6. The zero-order valence-electron chi connectivity index (χ0n) is 19.5. The second-order valence-corrected chi connectivity index (χ2v) is 8.01. The second-order valence-electron chi connectivity index (χ2n) is 8.01. The summed E-state index contributed by atoms with van der Waals surface area (Å²) in [4.78, 5) is 28.2. The molecule has 1 N–H and O–H groups in total. The molecule has 0 radical (unpaired) electrons. The van der Waals surface area contributed by atoms with Crippen LogP contribution in [0.1, 0.15) is 26.7 Å². The van der Waals surface area contributed by atoms with E-state index in [2.05, 4.69) is 20.7 Å². The summed E-state index contributed by atoms with van der Waals surface area (Å²) in [5, 5.41) is 16.4. The van der Waals surface area contributed by atoms with E-state index in [4.69, 9.17) is 0 Å². The van der Waals surface area contributed by atoms with Gasteiger partial charge in [0.2, 0.25) is 17.6 Å². The number of hydrogen-bond donors (Lipinski definition) is 1. The lowest BCUT2D eigenvalue weighted by molar-refractivity contribution is -0.131. The third-order valence-electron chi connectivity index (χ3n) is 5.72. The van der Waals surface area contributed by atoms with Gasteiger partial charge >= 0.3 is 0 Å². The molecule has 176 valence electrons. The number of carbonyl (C=O) groups excluding carboxylic acids is 2. The Bertz CT molecular complexity index is 1260. The van der Waals surface area contributed by atoms with Gasteiger partial charge in [0, 0.05) is 47.9 Å². The Morgan fingerprint density at radius 2 is 1.82 bits per heavy atom. The van der Waals surface area contributed by atoms with E-state index < -0.39 is 0 Å². The van der Waals surface area contributed by atoms with Crippen LogP contribution < -0.4 is 5.32 Å². The van der Waals surface area contributed by atoms with E-state index in [0.29, 0.717) is 44.8 Å². The molecule has 0 saturated carbocycles. The maximum absolute atomic E-state index is 12.4. The molecule has 0 spiro atoms. The van der Waals surface area contributed by atoms with Crippen LogP contribution in [0, 0.1) is 0 Å². The lowest BCUT2D eigenvalue weighted by atomic mass is 10.2. The molecule has 0 atom stereocenters. The molecular formula is C25H29N7O2. The molecule has 0 saturated heterocycles. The van der Waals surface area contributed by atoms with Gasteiger partial charge in [-0.05, 0) is 49.7 Å². The van der Waals surface area contributed by atoms with Crippen molar-refractivity contribution in [1.29, 1.82) is 0 Å². The zero-order chi connectivity index (χ0) is 23.9. The monoisotopic (exact) mass is 459 g/mol. The normalized spacial score (nSPS) is 11.0. The van der Waals surface area contributed by atoms with Crippen molar-refractivity contribution >= 4 is 28.4 Å². The van der Waals surface area contributed by atoms with Gasteiger partial charge in [-0.2, -0.15) is 4.80 Å². The molecule has 0 bridgehead atoms. The Morgan fingerprint density at radius 1 is 1.03 bits per heavy atom. The lowest BCUT2D eigenvalue weighted by Crippen LogP contribution is -2.33. The molecule has 4 rings (SSSR count). The minimum atomic E-state index is -0.0705. The molecule has 0 aliphatic heterocycles. The first-order chi connectivity index (χ1) is 16.6. The third kappa shape index (κ3) is 5.48. The van der Waals surface area contributed by atoms with Crippen LogP contribution in [0.25, 0.3) is 22.3 Å². The number of fused-ring (bicyclic) bond motifs is 1. The number of amides is 2. The highest BCUT2D eigenvalue weighted by atomic mass is 16.2. The quantitative estimate of drug-likeness (QED) is 0.391. The van der Waals surface area contributed by atoms with Crippen molar-refractivity contribution in [2.75, 3.05) is 18.4 Å². The molecular weight excluding hydrogens is 430 g/mol. The zero-order valence-corrected chi connectivity index (χ0v) is 19.5. The Balaban J connectivity index is 1.29. The highest BCUT2D eigenvalue weighted by molar-refractivity contribution is 5.94. The number of tetrazole rings is 1. The SMILES string of the molecule is CCN(CC)C(=O)Cn1ccc2cc(NC(=O)CCCn3nnc(-c4ccccc4)n3)ccc21. The molecule has 0 unspecified atom stereocenters. The van der Waals surface area contributed by atoms with Crippen LogP contribution in [0.15, 0.2) is 60.8 Å². The van der Waals surface area contributed by atoms with Gasteiger partial charge in [-0.15, -0.1) is 10.2 Å². The van der Waals surface area contributed by atoms with E-state index >= 15 is 0 Å². The number of anilines is 1. The van der Waals surface area contributed by atoms with Crippen LogP contribution >= 0.6 is 0 Å². The number of hydrogen-bond acceptors (Lipinski definition) is 5. The molecule has 2 aromatic carbocycles. The molecule has 0 fully saturated rings. The summed E-state index contributed by atoms with van der Waals surface area (Å²) in [6.07, 6.45) is 2.86. The average molecular weight is 460 g/mol. The van der Waals surface area contributed by atoms with Crippen molar-refractivity contribution in [1.82, 2.24) is 29.7 Å². The molecule has 0 aliphatic carbocycles. The van der Waals surface area contributed by atoms with Crippen molar-refractivity contribution in [3.63, 3.8) is 0 Å². The van der Waals surface area contributed by atoms with Crippen molar-refractivity contribution in [2.24, 2.45) is 0 Å². The highest BCUT2D eigenvalue weighted by Crippen LogP contribution is 2.21. The first-order valence-electron chi connectivity index (χ1n) is 11.6. The summed E-state index contributed by atoms with van der Waals surface area (Å²) in [6.45, 7) is 6.18. The molecule has 2 aromatic heterocycles. The summed E-state index contributed by atoms with van der Waals surface area (Å²) in [7, 11) is 0. The van der Waals surface area contributed by atoms with Gasteiger partial charge in [0.15, 0.2) is 0 Å². The molecule has 9 heteroatoms. The summed E-state index contributed by atoms with van der Waals surface area (Å²) < 4.78 is 1.94. The standard InChI is InChI=1S/C25H29N7O2/c1-3-30(4-2)24(34)18-31-16-14-20-17-21(12-13-22(20)31)26-23(33)11-8-15-32-28-25(27-29-32)19-9-6-5-7-10-19/h5-7,9-10,12-14,16-17H,3-4,8,11,15,18H2,1-2H3,(H,26,33). The fourth-order valence-electron chi connectivity index (χ4n) is 3.88. The van der Waals surface area contributed by atoms with Crippen LogP contribution in [-0.2, 0) is 22.7 Å². The molecule has 34 heavy (non-hydrogen) atoms. The largest absolute Gasteiger partial charge is 0.342 e. The Kier molecular flexibility index (Phi) is 7.31. The van der Waals surface area contributed by atoms with Gasteiger partial charge in [-0.3, -0.25) is 9.59 Å². The van der Waals surface area contributed by atoms with Crippen LogP contribution in [0.3, 0.4) is 0 Å². The number of nitrogens with one attached hydrogen (secondary N) is 1. The third-order valence-corrected chi connectivity index (χ3v) is 5.72. The van der Waals surface area contributed by atoms with Crippen molar-refractivity contribution in [3.05, 3.63) is 60.8 Å². The van der Waals surface area contributed by atoms with E-state index in [1.54, 1.807) is 0 Å². The van der Waals surface area contributed by atoms with Crippen molar-refractivity contribution < 1.29 is 9.59 Å². The lowest BCUT2D eigenvalue weighted by Gasteiger charge is -2.19. The van der Waals surface area contributed by atoms with Gasteiger partial charge in [0.05, 0.1) is 6.54 Å². The number of rotatable bonds is 10.